The molecule has 2 rings (SSSR count). The molecule has 2 aromatic carbocycles. The molecule has 2 nitrogen and oxygen atoms in total. The van der Waals surface area contributed by atoms with E-state index in [-0.39, 0.29) is 17.6 Å². The van der Waals surface area contributed by atoms with Crippen molar-refractivity contribution in [2.24, 2.45) is 5.73 Å². The highest BCUT2D eigenvalue weighted by atomic mass is 127. The minimum Gasteiger partial charge on any atom is -0.486 e. The molecule has 0 aliphatic carbocycles. The third-order valence-electron chi connectivity index (χ3n) is 2.86. The second-order valence-corrected chi connectivity index (χ2v) is 6.11. The van der Waals surface area contributed by atoms with E-state index in [9.17, 15) is 4.39 Å². The van der Waals surface area contributed by atoms with Crippen molar-refractivity contribution in [1.82, 2.24) is 0 Å². The van der Waals surface area contributed by atoms with Gasteiger partial charge < -0.3 is 10.5 Å². The zero-order chi connectivity index (χ0) is 14.5. The standard InChI is InChI=1S/C16H17FINO/c1-11(19)8-13-4-7-16(15(17)9-13)20-10-12-2-5-14(18)6-3-12/h2-7,9,11H,8,10,19H2,1H3. The Bertz CT molecular complexity index is 569. The molecule has 4 heteroatoms. The van der Waals surface area contributed by atoms with Crippen LogP contribution in [0.25, 0.3) is 0 Å². The minimum atomic E-state index is -0.339. The fraction of sp³-hybridized carbons (Fsp3) is 0.250. The van der Waals surface area contributed by atoms with Gasteiger partial charge in [0.15, 0.2) is 11.6 Å². The first-order valence-corrected chi connectivity index (χ1v) is 7.53. The zero-order valence-corrected chi connectivity index (χ0v) is 13.4. The smallest absolute Gasteiger partial charge is 0.165 e. The van der Waals surface area contributed by atoms with Crippen molar-refractivity contribution in [1.29, 1.82) is 0 Å². The first kappa shape index (κ1) is 15.3. The normalized spacial score (nSPS) is 12.2. The van der Waals surface area contributed by atoms with Crippen LogP contribution in [-0.4, -0.2) is 6.04 Å². The van der Waals surface area contributed by atoms with Gasteiger partial charge in [0, 0.05) is 9.61 Å². The van der Waals surface area contributed by atoms with E-state index >= 15 is 0 Å². The van der Waals surface area contributed by atoms with Gasteiger partial charge in [0.2, 0.25) is 0 Å². The van der Waals surface area contributed by atoms with Gasteiger partial charge in [0.05, 0.1) is 0 Å². The molecule has 0 spiro atoms. The Morgan fingerprint density at radius 2 is 1.80 bits per heavy atom. The van der Waals surface area contributed by atoms with Gasteiger partial charge in [-0.05, 0) is 71.3 Å². The molecular weight excluding hydrogens is 368 g/mol. The Morgan fingerprint density at radius 1 is 1.15 bits per heavy atom. The van der Waals surface area contributed by atoms with Crippen molar-refractivity contribution in [3.8, 4) is 5.75 Å². The van der Waals surface area contributed by atoms with Crippen LogP contribution in [0.2, 0.25) is 0 Å². The van der Waals surface area contributed by atoms with Crippen molar-refractivity contribution in [2.45, 2.75) is 26.0 Å². The summed E-state index contributed by atoms with van der Waals surface area (Å²) >= 11 is 2.24. The second-order valence-electron chi connectivity index (χ2n) is 4.86. The van der Waals surface area contributed by atoms with Crippen LogP contribution in [-0.2, 0) is 13.0 Å². The molecule has 106 valence electrons. The highest BCUT2D eigenvalue weighted by Crippen LogP contribution is 2.20. The first-order valence-electron chi connectivity index (χ1n) is 6.46. The van der Waals surface area contributed by atoms with E-state index < -0.39 is 0 Å². The van der Waals surface area contributed by atoms with Crippen LogP contribution in [0.15, 0.2) is 42.5 Å². The molecule has 0 saturated carbocycles. The van der Waals surface area contributed by atoms with E-state index in [0.29, 0.717) is 13.0 Å². The van der Waals surface area contributed by atoms with Crippen molar-refractivity contribution in [3.63, 3.8) is 0 Å². The number of rotatable bonds is 5. The summed E-state index contributed by atoms with van der Waals surface area (Å²) in [4.78, 5) is 0. The highest BCUT2D eigenvalue weighted by Gasteiger charge is 2.06. The van der Waals surface area contributed by atoms with E-state index in [1.54, 1.807) is 6.07 Å². The lowest BCUT2D eigenvalue weighted by Crippen LogP contribution is -2.17. The SMILES string of the molecule is CC(N)Cc1ccc(OCc2ccc(I)cc2)c(F)c1. The number of hydrogen-bond acceptors (Lipinski definition) is 2. The van der Waals surface area contributed by atoms with E-state index in [1.165, 1.54) is 6.07 Å². The third-order valence-corrected chi connectivity index (χ3v) is 3.58. The van der Waals surface area contributed by atoms with Crippen molar-refractivity contribution < 1.29 is 9.13 Å². The summed E-state index contributed by atoms with van der Waals surface area (Å²) in [5.41, 5.74) is 7.61. The topological polar surface area (TPSA) is 35.2 Å². The van der Waals surface area contributed by atoms with E-state index in [2.05, 4.69) is 22.6 Å². The zero-order valence-electron chi connectivity index (χ0n) is 11.3. The molecular formula is C16H17FINO. The highest BCUT2D eigenvalue weighted by molar-refractivity contribution is 14.1. The Morgan fingerprint density at radius 3 is 2.40 bits per heavy atom. The molecule has 1 unspecified atom stereocenters. The average molecular weight is 385 g/mol. The Balaban J connectivity index is 2.01. The molecule has 20 heavy (non-hydrogen) atoms. The van der Waals surface area contributed by atoms with E-state index in [4.69, 9.17) is 10.5 Å². The molecule has 1 atom stereocenters. The molecule has 0 radical (unpaired) electrons. The number of halogens is 2. The van der Waals surface area contributed by atoms with Gasteiger partial charge in [-0.2, -0.15) is 0 Å². The van der Waals surface area contributed by atoms with Crippen molar-refractivity contribution in [2.75, 3.05) is 0 Å². The number of ether oxygens (including phenoxy) is 1. The lowest BCUT2D eigenvalue weighted by atomic mass is 10.1. The summed E-state index contributed by atoms with van der Waals surface area (Å²) in [6, 6.07) is 13.0. The molecule has 0 heterocycles. The van der Waals surface area contributed by atoms with E-state index in [1.807, 2.05) is 37.3 Å². The predicted molar refractivity (Wildman–Crippen MR) is 87.2 cm³/mol. The van der Waals surface area contributed by atoms with Gasteiger partial charge in [-0.25, -0.2) is 4.39 Å². The summed E-state index contributed by atoms with van der Waals surface area (Å²) in [5, 5.41) is 0. The molecule has 0 aliphatic heterocycles. The molecule has 0 saturated heterocycles. The monoisotopic (exact) mass is 385 g/mol. The lowest BCUT2D eigenvalue weighted by molar-refractivity contribution is 0.290. The van der Waals surface area contributed by atoms with Crippen LogP contribution in [0.5, 0.6) is 5.75 Å². The molecule has 0 bridgehead atoms. The maximum Gasteiger partial charge on any atom is 0.165 e. The molecule has 0 aromatic heterocycles. The van der Waals surface area contributed by atoms with Crippen LogP contribution in [0.1, 0.15) is 18.1 Å². The Labute approximate surface area is 132 Å². The number of nitrogens with two attached hydrogens (primary N) is 1. The molecule has 2 N–H and O–H groups in total. The summed E-state index contributed by atoms with van der Waals surface area (Å²) in [5.74, 6) is -0.0642. The first-order chi connectivity index (χ1) is 9.54. The molecule has 2 aromatic rings. The summed E-state index contributed by atoms with van der Waals surface area (Å²) < 4.78 is 20.6. The fourth-order valence-electron chi connectivity index (χ4n) is 1.90. The number of benzene rings is 2. The van der Waals surface area contributed by atoms with E-state index in [0.717, 1.165) is 14.7 Å². The van der Waals surface area contributed by atoms with Crippen LogP contribution < -0.4 is 10.5 Å². The average Bonchev–Trinajstić information content (AvgIpc) is 2.39. The largest absolute Gasteiger partial charge is 0.486 e. The quantitative estimate of drug-likeness (QED) is 0.793. The Kier molecular flexibility index (Phi) is 5.37. The van der Waals surface area contributed by atoms with Crippen LogP contribution in [0.3, 0.4) is 0 Å². The van der Waals surface area contributed by atoms with Gasteiger partial charge in [-0.15, -0.1) is 0 Å². The summed E-state index contributed by atoms with van der Waals surface area (Å²) in [6.07, 6.45) is 0.661. The predicted octanol–water partition coefficient (Wildman–Crippen LogP) is 3.90. The number of hydrogen-bond donors (Lipinski definition) is 1. The third kappa shape index (κ3) is 4.45. The van der Waals surface area contributed by atoms with Crippen molar-refractivity contribution in [3.05, 3.63) is 63.0 Å². The minimum absolute atomic E-state index is 0.0213. The van der Waals surface area contributed by atoms with Crippen LogP contribution in [0, 0.1) is 9.39 Å². The van der Waals surface area contributed by atoms with Gasteiger partial charge in [-0.3, -0.25) is 0 Å². The Hall–Kier alpha value is -1.14. The maximum atomic E-state index is 13.9. The van der Waals surface area contributed by atoms with Gasteiger partial charge in [0.25, 0.3) is 0 Å². The van der Waals surface area contributed by atoms with Gasteiger partial charge >= 0.3 is 0 Å². The second kappa shape index (κ2) is 7.04. The molecule has 0 amide bonds. The summed E-state index contributed by atoms with van der Waals surface area (Å²) in [6.45, 7) is 2.26. The summed E-state index contributed by atoms with van der Waals surface area (Å²) in [7, 11) is 0. The lowest BCUT2D eigenvalue weighted by Gasteiger charge is -2.10. The van der Waals surface area contributed by atoms with Crippen molar-refractivity contribution >= 4 is 22.6 Å². The van der Waals surface area contributed by atoms with Crippen LogP contribution >= 0.6 is 22.6 Å². The van der Waals surface area contributed by atoms with Gasteiger partial charge in [-0.1, -0.05) is 18.2 Å². The molecule has 0 fully saturated rings. The maximum absolute atomic E-state index is 13.9. The van der Waals surface area contributed by atoms with Gasteiger partial charge in [0.1, 0.15) is 6.61 Å². The van der Waals surface area contributed by atoms with Crippen LogP contribution in [0.4, 0.5) is 4.39 Å². The fourth-order valence-corrected chi connectivity index (χ4v) is 2.26. The molecule has 0 aliphatic rings.